The van der Waals surface area contributed by atoms with E-state index in [0.29, 0.717) is 17.9 Å². The molecule has 7 nitrogen and oxygen atoms in total. The minimum Gasteiger partial charge on any atom is -0.394 e. The number of anilines is 1. The minimum absolute atomic E-state index is 0.185. The zero-order valence-corrected chi connectivity index (χ0v) is 10.5. The maximum Gasteiger partial charge on any atom is 0.203 e. The zero-order valence-electron chi connectivity index (χ0n) is 10.5. The van der Waals surface area contributed by atoms with Gasteiger partial charge in [-0.1, -0.05) is 6.92 Å². The largest absolute Gasteiger partial charge is 0.394 e. The average Bonchev–Trinajstić information content (AvgIpc) is 2.79. The van der Waals surface area contributed by atoms with Crippen molar-refractivity contribution in [1.82, 2.24) is 19.6 Å². The van der Waals surface area contributed by atoms with Gasteiger partial charge in [-0.2, -0.15) is 0 Å². The lowest BCUT2D eigenvalue weighted by Gasteiger charge is -2.30. The van der Waals surface area contributed by atoms with E-state index in [9.17, 15) is 10.2 Å². The number of hydrogen-bond donors (Lipinski definition) is 3. The molecular weight excluding hydrogens is 234 g/mol. The quantitative estimate of drug-likeness (QED) is 0.691. The summed E-state index contributed by atoms with van der Waals surface area (Å²) in [7, 11) is 0. The molecule has 2 aromatic heterocycles. The maximum absolute atomic E-state index is 9.42. The smallest absolute Gasteiger partial charge is 0.203 e. The second-order valence-electron chi connectivity index (χ2n) is 4.29. The molecule has 0 bridgehead atoms. The number of nitrogens with one attached hydrogen (secondary N) is 1. The molecule has 0 radical (unpaired) electrons. The second kappa shape index (κ2) is 4.87. The summed E-state index contributed by atoms with van der Waals surface area (Å²) in [6.07, 6.45) is 3.96. The van der Waals surface area contributed by atoms with Crippen molar-refractivity contribution in [3.8, 4) is 0 Å². The normalized spacial score (nSPS) is 12.0. The van der Waals surface area contributed by atoms with Crippen molar-refractivity contribution in [3.63, 3.8) is 0 Å². The van der Waals surface area contributed by atoms with E-state index in [4.69, 9.17) is 0 Å². The number of aliphatic hydroxyl groups is 2. The van der Waals surface area contributed by atoms with Crippen LogP contribution < -0.4 is 5.32 Å². The molecule has 0 spiro atoms. The monoisotopic (exact) mass is 251 g/mol. The van der Waals surface area contributed by atoms with Crippen molar-refractivity contribution < 1.29 is 10.2 Å². The predicted molar refractivity (Wildman–Crippen MR) is 66.3 cm³/mol. The topological polar surface area (TPSA) is 95.6 Å². The lowest BCUT2D eigenvalue weighted by Crippen LogP contribution is -2.45. The van der Waals surface area contributed by atoms with Gasteiger partial charge in [0.1, 0.15) is 5.82 Å². The molecular formula is C11H17N5O2. The summed E-state index contributed by atoms with van der Waals surface area (Å²) in [6, 6.07) is 0. The number of aryl methyl sites for hydroxylation is 1. The number of hydrogen-bond acceptors (Lipinski definition) is 6. The van der Waals surface area contributed by atoms with E-state index in [0.717, 1.165) is 5.82 Å². The molecule has 2 heterocycles. The first-order valence-corrected chi connectivity index (χ1v) is 5.82. The fourth-order valence-corrected chi connectivity index (χ4v) is 1.72. The fraction of sp³-hybridized carbons (Fsp3) is 0.545. The molecule has 0 amide bonds. The van der Waals surface area contributed by atoms with Gasteiger partial charge in [-0.3, -0.25) is 4.40 Å². The summed E-state index contributed by atoms with van der Waals surface area (Å²) in [6.45, 7) is 3.36. The van der Waals surface area contributed by atoms with E-state index in [2.05, 4.69) is 20.5 Å². The van der Waals surface area contributed by atoms with Gasteiger partial charge in [0.2, 0.25) is 5.65 Å². The third kappa shape index (κ3) is 2.02. The van der Waals surface area contributed by atoms with Gasteiger partial charge in [0.05, 0.1) is 18.8 Å². The Labute approximate surface area is 105 Å². The Morgan fingerprint density at radius 3 is 2.67 bits per heavy atom. The van der Waals surface area contributed by atoms with E-state index in [1.165, 1.54) is 0 Å². The third-order valence-corrected chi connectivity index (χ3v) is 3.16. The Hall–Kier alpha value is -1.73. The van der Waals surface area contributed by atoms with Crippen LogP contribution in [-0.2, 0) is 0 Å². The van der Waals surface area contributed by atoms with Crippen LogP contribution in [0.25, 0.3) is 5.65 Å². The molecule has 0 atom stereocenters. The van der Waals surface area contributed by atoms with Crippen LogP contribution in [-0.4, -0.2) is 48.5 Å². The summed E-state index contributed by atoms with van der Waals surface area (Å²) in [5.74, 6) is 1.26. The summed E-state index contributed by atoms with van der Waals surface area (Å²) >= 11 is 0. The first kappa shape index (κ1) is 12.7. The number of aromatic nitrogens is 4. The van der Waals surface area contributed by atoms with Crippen molar-refractivity contribution in [2.45, 2.75) is 25.8 Å². The van der Waals surface area contributed by atoms with Crippen LogP contribution in [0, 0.1) is 6.92 Å². The highest BCUT2D eigenvalue weighted by atomic mass is 16.3. The molecule has 0 unspecified atom stereocenters. The fourth-order valence-electron chi connectivity index (χ4n) is 1.72. The van der Waals surface area contributed by atoms with Crippen LogP contribution in [0.15, 0.2) is 12.4 Å². The molecule has 2 aromatic rings. The number of nitrogens with zero attached hydrogens (tertiary/aromatic N) is 4. The molecule has 98 valence electrons. The Bertz CT molecular complexity index is 527. The van der Waals surface area contributed by atoms with Gasteiger partial charge in [-0.25, -0.2) is 4.98 Å². The minimum atomic E-state index is -0.797. The lowest BCUT2D eigenvalue weighted by molar-refractivity contribution is 0.132. The maximum atomic E-state index is 9.42. The van der Waals surface area contributed by atoms with Gasteiger partial charge in [-0.05, 0) is 13.3 Å². The molecule has 0 saturated heterocycles. The highest BCUT2D eigenvalue weighted by Crippen LogP contribution is 2.19. The highest BCUT2D eigenvalue weighted by Gasteiger charge is 2.28. The van der Waals surface area contributed by atoms with E-state index in [-0.39, 0.29) is 13.2 Å². The Kier molecular flexibility index (Phi) is 3.44. The molecule has 18 heavy (non-hydrogen) atoms. The van der Waals surface area contributed by atoms with Gasteiger partial charge in [0.25, 0.3) is 0 Å². The summed E-state index contributed by atoms with van der Waals surface area (Å²) < 4.78 is 1.80. The lowest BCUT2D eigenvalue weighted by atomic mass is 9.98. The van der Waals surface area contributed by atoms with Crippen LogP contribution in [0.2, 0.25) is 0 Å². The van der Waals surface area contributed by atoms with E-state index in [1.54, 1.807) is 16.8 Å². The van der Waals surface area contributed by atoms with Gasteiger partial charge in [-0.15, -0.1) is 10.2 Å². The Balaban J connectivity index is 2.42. The predicted octanol–water partition coefficient (Wildman–Crippen LogP) is -0.0220. The molecule has 2 rings (SSSR count). The van der Waals surface area contributed by atoms with E-state index in [1.807, 2.05) is 13.8 Å². The summed E-state index contributed by atoms with van der Waals surface area (Å²) in [5, 5.41) is 29.9. The highest BCUT2D eigenvalue weighted by molar-refractivity contribution is 5.63. The van der Waals surface area contributed by atoms with Crippen LogP contribution in [0.4, 0.5) is 5.82 Å². The zero-order chi connectivity index (χ0) is 13.2. The summed E-state index contributed by atoms with van der Waals surface area (Å²) in [5.41, 5.74) is -0.218. The second-order valence-corrected chi connectivity index (χ2v) is 4.29. The van der Waals surface area contributed by atoms with Crippen LogP contribution in [0.5, 0.6) is 0 Å². The van der Waals surface area contributed by atoms with Gasteiger partial charge >= 0.3 is 0 Å². The number of rotatable bonds is 5. The first-order chi connectivity index (χ1) is 8.65. The first-order valence-electron chi connectivity index (χ1n) is 5.82. The van der Waals surface area contributed by atoms with Crippen LogP contribution in [0.3, 0.4) is 0 Å². The third-order valence-electron chi connectivity index (χ3n) is 3.16. The molecule has 0 saturated carbocycles. The molecule has 0 fully saturated rings. The van der Waals surface area contributed by atoms with Gasteiger partial charge < -0.3 is 15.5 Å². The molecule has 7 heteroatoms. The summed E-state index contributed by atoms with van der Waals surface area (Å²) in [4.78, 5) is 4.19. The van der Waals surface area contributed by atoms with Crippen molar-refractivity contribution in [2.24, 2.45) is 0 Å². The van der Waals surface area contributed by atoms with Gasteiger partial charge in [0, 0.05) is 12.4 Å². The Morgan fingerprint density at radius 2 is 2.06 bits per heavy atom. The molecule has 0 aliphatic rings. The average molecular weight is 251 g/mol. The SMILES string of the molecule is CCC(CO)(CO)Nc1nccn2c(C)nnc12. The Morgan fingerprint density at radius 1 is 1.33 bits per heavy atom. The van der Waals surface area contributed by atoms with Gasteiger partial charge in [0.15, 0.2) is 5.82 Å². The van der Waals surface area contributed by atoms with Crippen LogP contribution >= 0.6 is 0 Å². The van der Waals surface area contributed by atoms with E-state index >= 15 is 0 Å². The molecule has 0 aromatic carbocycles. The number of aliphatic hydroxyl groups excluding tert-OH is 2. The molecule has 3 N–H and O–H groups in total. The van der Waals surface area contributed by atoms with Crippen molar-refractivity contribution in [3.05, 3.63) is 18.2 Å². The van der Waals surface area contributed by atoms with Crippen molar-refractivity contribution >= 4 is 11.5 Å². The van der Waals surface area contributed by atoms with Crippen molar-refractivity contribution in [1.29, 1.82) is 0 Å². The standard InChI is InChI=1S/C11H17N5O2/c1-3-11(6-17,7-18)13-9-10-15-14-8(2)16(10)5-4-12-9/h4-5,17-18H,3,6-7H2,1-2H3,(H,12,13). The molecule has 0 aliphatic carbocycles. The van der Waals surface area contributed by atoms with E-state index < -0.39 is 5.54 Å². The van der Waals surface area contributed by atoms with Crippen molar-refractivity contribution in [2.75, 3.05) is 18.5 Å². The number of fused-ring (bicyclic) bond motifs is 1. The molecule has 0 aliphatic heterocycles. The van der Waals surface area contributed by atoms with Crippen LogP contribution in [0.1, 0.15) is 19.2 Å².